The lowest BCUT2D eigenvalue weighted by Crippen LogP contribution is -2.44. The molecule has 0 fully saturated rings. The van der Waals surface area contributed by atoms with Crippen molar-refractivity contribution in [1.29, 1.82) is 0 Å². The molecule has 1 atom stereocenters. The fourth-order valence-electron chi connectivity index (χ4n) is 1.67. The molecule has 0 bridgehead atoms. The van der Waals surface area contributed by atoms with Crippen molar-refractivity contribution in [3.8, 4) is 0 Å². The van der Waals surface area contributed by atoms with Gasteiger partial charge in [-0.05, 0) is 25.5 Å². The highest BCUT2D eigenvalue weighted by molar-refractivity contribution is 5.83. The summed E-state index contributed by atoms with van der Waals surface area (Å²) in [6, 6.07) is 2.78. The summed E-state index contributed by atoms with van der Waals surface area (Å²) in [6.45, 7) is 3.72. The van der Waals surface area contributed by atoms with Gasteiger partial charge in [0, 0.05) is 0 Å². The first-order valence-corrected chi connectivity index (χ1v) is 5.50. The highest BCUT2D eigenvalue weighted by Crippen LogP contribution is 2.20. The Morgan fingerprint density at radius 3 is 2.76 bits per heavy atom. The lowest BCUT2D eigenvalue weighted by molar-refractivity contribution is -0.145. The van der Waals surface area contributed by atoms with E-state index in [4.69, 9.17) is 4.74 Å². The number of methoxy groups -OCH3 is 1. The Morgan fingerprint density at radius 1 is 1.59 bits per heavy atom. The summed E-state index contributed by atoms with van der Waals surface area (Å²) in [5.41, 5.74) is -0.839. The monoisotopic (exact) mass is 240 g/mol. The fourth-order valence-corrected chi connectivity index (χ4v) is 1.67. The van der Waals surface area contributed by atoms with E-state index in [2.05, 4.69) is 10.3 Å². The topological polar surface area (TPSA) is 51.2 Å². The molecule has 1 heterocycles. The van der Waals surface area contributed by atoms with Gasteiger partial charge in [0.1, 0.15) is 17.2 Å². The van der Waals surface area contributed by atoms with Gasteiger partial charge in [-0.1, -0.05) is 13.3 Å². The molecule has 0 spiro atoms. The smallest absolute Gasteiger partial charge is 0.331 e. The van der Waals surface area contributed by atoms with Crippen LogP contribution < -0.4 is 5.32 Å². The Balaban J connectivity index is 2.86. The second-order valence-corrected chi connectivity index (χ2v) is 4.06. The molecule has 0 aliphatic heterocycles. The molecule has 5 heteroatoms. The number of carbonyl (C=O) groups excluding carboxylic acids is 1. The number of carbonyl (C=O) groups is 1. The van der Waals surface area contributed by atoms with E-state index in [-0.39, 0.29) is 5.97 Å². The number of halogens is 1. The number of nitrogens with one attached hydrogen (secondary N) is 1. The van der Waals surface area contributed by atoms with Crippen LogP contribution in [0.5, 0.6) is 0 Å². The predicted octanol–water partition coefficient (Wildman–Crippen LogP) is 2.36. The highest BCUT2D eigenvalue weighted by atomic mass is 19.1. The minimum absolute atomic E-state index is 0.356. The molecule has 0 saturated carbocycles. The molecular formula is C12H17FN2O2. The molecule has 1 rings (SSSR count). The Hall–Kier alpha value is -1.65. The summed E-state index contributed by atoms with van der Waals surface area (Å²) in [4.78, 5) is 15.6. The average Bonchev–Trinajstić information content (AvgIpc) is 2.31. The minimum atomic E-state index is -0.839. The van der Waals surface area contributed by atoms with Crippen molar-refractivity contribution in [3.63, 3.8) is 0 Å². The van der Waals surface area contributed by atoms with E-state index in [1.54, 1.807) is 6.92 Å². The van der Waals surface area contributed by atoms with Gasteiger partial charge in [0.15, 0.2) is 0 Å². The average molecular weight is 240 g/mol. The number of aromatic nitrogens is 1. The lowest BCUT2D eigenvalue weighted by Gasteiger charge is -2.28. The second-order valence-electron chi connectivity index (χ2n) is 4.06. The number of hydrogen-bond acceptors (Lipinski definition) is 4. The highest BCUT2D eigenvalue weighted by Gasteiger charge is 2.33. The van der Waals surface area contributed by atoms with Crippen LogP contribution in [0.2, 0.25) is 0 Å². The van der Waals surface area contributed by atoms with E-state index in [0.717, 1.165) is 12.6 Å². The van der Waals surface area contributed by atoms with Crippen molar-refractivity contribution in [1.82, 2.24) is 4.98 Å². The molecule has 1 unspecified atom stereocenters. The Bertz CT molecular complexity index is 381. The van der Waals surface area contributed by atoms with Crippen LogP contribution in [0.4, 0.5) is 10.2 Å². The Morgan fingerprint density at radius 2 is 2.29 bits per heavy atom. The first kappa shape index (κ1) is 13.4. The summed E-state index contributed by atoms with van der Waals surface area (Å²) in [6.07, 6.45) is 2.53. The van der Waals surface area contributed by atoms with Gasteiger partial charge >= 0.3 is 5.97 Å². The zero-order chi connectivity index (χ0) is 12.9. The van der Waals surface area contributed by atoms with E-state index in [0.29, 0.717) is 12.2 Å². The van der Waals surface area contributed by atoms with Crippen LogP contribution in [0.25, 0.3) is 0 Å². The maximum atomic E-state index is 12.7. The van der Waals surface area contributed by atoms with E-state index in [1.807, 2.05) is 6.92 Å². The van der Waals surface area contributed by atoms with Crippen LogP contribution in [-0.4, -0.2) is 23.6 Å². The molecule has 1 aromatic heterocycles. The molecule has 94 valence electrons. The molecular weight excluding hydrogens is 223 g/mol. The molecule has 0 aliphatic rings. The number of pyridine rings is 1. The quantitative estimate of drug-likeness (QED) is 0.803. The first-order valence-electron chi connectivity index (χ1n) is 5.50. The molecule has 0 aromatic carbocycles. The third-order valence-electron chi connectivity index (χ3n) is 2.52. The first-order chi connectivity index (χ1) is 8.01. The maximum Gasteiger partial charge on any atom is 0.331 e. The molecule has 0 amide bonds. The summed E-state index contributed by atoms with van der Waals surface area (Å²) in [5.74, 6) is -0.316. The van der Waals surface area contributed by atoms with Gasteiger partial charge in [-0.15, -0.1) is 0 Å². The van der Waals surface area contributed by atoms with Crippen molar-refractivity contribution in [2.75, 3.05) is 12.4 Å². The van der Waals surface area contributed by atoms with Gasteiger partial charge in [0.2, 0.25) is 0 Å². The Kier molecular flexibility index (Phi) is 4.43. The largest absolute Gasteiger partial charge is 0.467 e. The second kappa shape index (κ2) is 5.61. The fraction of sp³-hybridized carbons (Fsp3) is 0.500. The number of nitrogens with zero attached hydrogens (tertiary/aromatic N) is 1. The third kappa shape index (κ3) is 3.41. The van der Waals surface area contributed by atoms with E-state index < -0.39 is 11.4 Å². The van der Waals surface area contributed by atoms with Crippen molar-refractivity contribution in [3.05, 3.63) is 24.1 Å². The van der Waals surface area contributed by atoms with Crippen LogP contribution in [0.15, 0.2) is 18.3 Å². The van der Waals surface area contributed by atoms with Crippen LogP contribution in [0, 0.1) is 5.82 Å². The minimum Gasteiger partial charge on any atom is -0.467 e. The van der Waals surface area contributed by atoms with Crippen LogP contribution in [-0.2, 0) is 9.53 Å². The predicted molar refractivity (Wildman–Crippen MR) is 63.1 cm³/mol. The number of hydrogen-bond donors (Lipinski definition) is 1. The van der Waals surface area contributed by atoms with Gasteiger partial charge in [-0.2, -0.15) is 0 Å². The van der Waals surface area contributed by atoms with Crippen LogP contribution in [0.1, 0.15) is 26.7 Å². The van der Waals surface area contributed by atoms with E-state index in [9.17, 15) is 9.18 Å². The number of esters is 1. The Labute approximate surface area is 100 Å². The van der Waals surface area contributed by atoms with Gasteiger partial charge in [0.25, 0.3) is 0 Å². The van der Waals surface area contributed by atoms with Crippen LogP contribution >= 0.6 is 0 Å². The van der Waals surface area contributed by atoms with Gasteiger partial charge in [-0.3, -0.25) is 0 Å². The molecule has 1 N–H and O–H groups in total. The van der Waals surface area contributed by atoms with Crippen LogP contribution in [0.3, 0.4) is 0 Å². The lowest BCUT2D eigenvalue weighted by atomic mass is 9.96. The van der Waals surface area contributed by atoms with Crippen molar-refractivity contribution >= 4 is 11.8 Å². The third-order valence-corrected chi connectivity index (χ3v) is 2.52. The summed E-state index contributed by atoms with van der Waals surface area (Å²) < 4.78 is 17.5. The van der Waals surface area contributed by atoms with Crippen molar-refractivity contribution < 1.29 is 13.9 Å². The van der Waals surface area contributed by atoms with E-state index in [1.165, 1.54) is 19.2 Å². The van der Waals surface area contributed by atoms with Gasteiger partial charge in [0.05, 0.1) is 13.3 Å². The summed E-state index contributed by atoms with van der Waals surface area (Å²) >= 11 is 0. The number of anilines is 1. The van der Waals surface area contributed by atoms with Crippen molar-refractivity contribution in [2.45, 2.75) is 32.2 Å². The van der Waals surface area contributed by atoms with Crippen molar-refractivity contribution in [2.24, 2.45) is 0 Å². The molecule has 4 nitrogen and oxygen atoms in total. The standard InChI is InChI=1S/C12H17FN2O2/c1-4-7-12(2,11(16)17-3)15-10-6-5-9(13)8-14-10/h5-6,8H,4,7H2,1-3H3,(H,14,15). The molecule has 0 saturated heterocycles. The number of ether oxygens (including phenoxy) is 1. The SMILES string of the molecule is CCCC(C)(Nc1ccc(F)cn1)C(=O)OC. The van der Waals surface area contributed by atoms with E-state index >= 15 is 0 Å². The normalized spacial score (nSPS) is 13.9. The zero-order valence-electron chi connectivity index (χ0n) is 10.3. The molecule has 17 heavy (non-hydrogen) atoms. The molecule has 0 aliphatic carbocycles. The zero-order valence-corrected chi connectivity index (χ0v) is 10.3. The van der Waals surface area contributed by atoms with Gasteiger partial charge in [-0.25, -0.2) is 14.2 Å². The number of rotatable bonds is 5. The molecule has 1 aromatic rings. The molecule has 0 radical (unpaired) electrons. The summed E-state index contributed by atoms with van der Waals surface area (Å²) in [5, 5.41) is 2.98. The summed E-state index contributed by atoms with van der Waals surface area (Å²) in [7, 11) is 1.34. The maximum absolute atomic E-state index is 12.7. The van der Waals surface area contributed by atoms with Gasteiger partial charge < -0.3 is 10.1 Å².